The molecule has 0 saturated heterocycles. The Morgan fingerprint density at radius 1 is 1.25 bits per heavy atom. The molecule has 0 bridgehead atoms. The van der Waals surface area contributed by atoms with Gasteiger partial charge in [0.15, 0.2) is 0 Å². The van der Waals surface area contributed by atoms with Gasteiger partial charge in [-0.2, -0.15) is 5.10 Å². The number of nitrogens with one attached hydrogen (secondary N) is 1. The van der Waals surface area contributed by atoms with Crippen LogP contribution in [0.3, 0.4) is 0 Å². The molecule has 124 valence electrons. The van der Waals surface area contributed by atoms with Gasteiger partial charge in [-0.1, -0.05) is 17.3 Å². The molecule has 24 heavy (non-hydrogen) atoms. The number of aromatic nitrogens is 3. The van der Waals surface area contributed by atoms with Crippen molar-refractivity contribution in [2.75, 3.05) is 0 Å². The van der Waals surface area contributed by atoms with Crippen molar-refractivity contribution in [3.8, 4) is 5.69 Å². The summed E-state index contributed by atoms with van der Waals surface area (Å²) in [5, 5.41) is 11.2. The van der Waals surface area contributed by atoms with Gasteiger partial charge in [0.05, 0.1) is 29.5 Å². The molecule has 0 aliphatic heterocycles. The molecule has 3 aromatic rings. The van der Waals surface area contributed by atoms with Gasteiger partial charge < -0.3 is 9.84 Å². The topological polar surface area (TPSA) is 73.0 Å². The number of carbonyl (C=O) groups excluding carboxylic acids is 1. The third-order valence-electron chi connectivity index (χ3n) is 3.86. The van der Waals surface area contributed by atoms with E-state index in [1.54, 1.807) is 6.07 Å². The van der Waals surface area contributed by atoms with Crippen molar-refractivity contribution in [2.45, 2.75) is 33.2 Å². The lowest BCUT2D eigenvalue weighted by Crippen LogP contribution is -2.28. The predicted octanol–water partition coefficient (Wildman–Crippen LogP) is 2.90. The molecule has 6 nitrogen and oxygen atoms in total. The molecule has 0 fully saturated rings. The van der Waals surface area contributed by atoms with E-state index < -0.39 is 0 Å². The molecule has 0 radical (unpaired) electrons. The van der Waals surface area contributed by atoms with Crippen molar-refractivity contribution < 1.29 is 9.32 Å². The highest BCUT2D eigenvalue weighted by atomic mass is 16.5. The van der Waals surface area contributed by atoms with Crippen LogP contribution in [0.4, 0.5) is 0 Å². The number of hydrogen-bond acceptors (Lipinski definition) is 4. The molecule has 0 aliphatic rings. The van der Waals surface area contributed by atoms with Crippen molar-refractivity contribution >= 4 is 5.91 Å². The molecule has 6 heteroatoms. The van der Waals surface area contributed by atoms with Crippen LogP contribution in [0.15, 0.2) is 47.2 Å². The Hall–Kier alpha value is -2.89. The van der Waals surface area contributed by atoms with Gasteiger partial charge in [-0.05, 0) is 44.5 Å². The Labute approximate surface area is 140 Å². The molecular formula is C18H20N4O2. The van der Waals surface area contributed by atoms with Gasteiger partial charge in [0, 0.05) is 11.8 Å². The van der Waals surface area contributed by atoms with Crippen molar-refractivity contribution in [1.82, 2.24) is 20.3 Å². The summed E-state index contributed by atoms with van der Waals surface area (Å²) >= 11 is 0. The summed E-state index contributed by atoms with van der Waals surface area (Å²) in [6.45, 7) is 5.96. The minimum Gasteiger partial charge on any atom is -0.364 e. The van der Waals surface area contributed by atoms with Gasteiger partial charge in [0.2, 0.25) is 5.91 Å². The van der Waals surface area contributed by atoms with Crippen LogP contribution in [0.1, 0.15) is 35.6 Å². The number of benzene rings is 1. The average Bonchev–Trinajstić information content (AvgIpc) is 3.16. The van der Waals surface area contributed by atoms with Gasteiger partial charge in [0.1, 0.15) is 6.26 Å². The largest absolute Gasteiger partial charge is 0.364 e. The van der Waals surface area contributed by atoms with E-state index >= 15 is 0 Å². The quantitative estimate of drug-likeness (QED) is 0.783. The number of hydrogen-bond donors (Lipinski definition) is 1. The van der Waals surface area contributed by atoms with Crippen molar-refractivity contribution in [1.29, 1.82) is 0 Å². The Morgan fingerprint density at radius 3 is 2.58 bits per heavy atom. The minimum atomic E-state index is -0.0843. The molecule has 1 amide bonds. The van der Waals surface area contributed by atoms with E-state index in [2.05, 4.69) is 15.6 Å². The maximum absolute atomic E-state index is 12.0. The summed E-state index contributed by atoms with van der Waals surface area (Å²) in [5.41, 5.74) is 4.75. The molecule has 0 spiro atoms. The summed E-state index contributed by atoms with van der Waals surface area (Å²) < 4.78 is 6.64. The second kappa shape index (κ2) is 6.70. The zero-order valence-corrected chi connectivity index (χ0v) is 14.0. The number of amides is 1. The monoisotopic (exact) mass is 324 g/mol. The summed E-state index contributed by atoms with van der Waals surface area (Å²) in [6.07, 6.45) is 1.68. The summed E-state index contributed by atoms with van der Waals surface area (Å²) in [5.74, 6) is -0.0842. The van der Waals surface area contributed by atoms with E-state index in [1.807, 2.05) is 55.8 Å². The first-order valence-corrected chi connectivity index (χ1v) is 7.85. The first-order valence-electron chi connectivity index (χ1n) is 7.85. The van der Waals surface area contributed by atoms with Gasteiger partial charge in [-0.3, -0.25) is 4.79 Å². The molecule has 1 atom stereocenters. The normalized spacial score (nSPS) is 12.1. The maximum Gasteiger partial charge on any atom is 0.226 e. The fraction of sp³-hybridized carbons (Fsp3) is 0.278. The molecule has 0 aliphatic carbocycles. The van der Waals surface area contributed by atoms with Crippen molar-refractivity contribution in [2.24, 2.45) is 0 Å². The summed E-state index contributed by atoms with van der Waals surface area (Å²) in [6, 6.07) is 11.7. The number of rotatable bonds is 5. The lowest BCUT2D eigenvalue weighted by Gasteiger charge is -2.14. The molecule has 2 heterocycles. The Kier molecular flexibility index (Phi) is 4.46. The molecule has 0 saturated carbocycles. The van der Waals surface area contributed by atoms with Crippen LogP contribution in [-0.2, 0) is 11.2 Å². The van der Waals surface area contributed by atoms with Gasteiger partial charge in [0.25, 0.3) is 0 Å². The fourth-order valence-electron chi connectivity index (χ4n) is 2.66. The first kappa shape index (κ1) is 16.0. The SMILES string of the molecule is Cc1cc(C)n(-c2ccc([C@@H](C)NC(=O)Cc3ccon3)cc2)n1. The second-order valence-electron chi connectivity index (χ2n) is 5.89. The summed E-state index contributed by atoms with van der Waals surface area (Å²) in [7, 11) is 0. The standard InChI is InChI=1S/C18H20N4O2/c1-12-10-13(2)22(20-12)17-6-4-15(5-7-17)14(3)19-18(23)11-16-8-9-24-21-16/h4-10,14H,11H2,1-3H3,(H,19,23)/t14-/m1/s1. The highest BCUT2D eigenvalue weighted by molar-refractivity contribution is 5.78. The number of nitrogens with zero attached hydrogens (tertiary/aromatic N) is 3. The lowest BCUT2D eigenvalue weighted by atomic mass is 10.1. The lowest BCUT2D eigenvalue weighted by molar-refractivity contribution is -0.121. The van der Waals surface area contributed by atoms with E-state index in [4.69, 9.17) is 4.52 Å². The van der Waals surface area contributed by atoms with Gasteiger partial charge in [-0.15, -0.1) is 0 Å². The van der Waals surface area contributed by atoms with Crippen LogP contribution < -0.4 is 5.32 Å². The van der Waals surface area contributed by atoms with E-state index in [1.165, 1.54) is 6.26 Å². The highest BCUT2D eigenvalue weighted by Crippen LogP contribution is 2.17. The van der Waals surface area contributed by atoms with Crippen LogP contribution in [0.25, 0.3) is 5.69 Å². The third kappa shape index (κ3) is 3.53. The van der Waals surface area contributed by atoms with E-state index in [0.717, 1.165) is 22.6 Å². The maximum atomic E-state index is 12.0. The second-order valence-corrected chi connectivity index (χ2v) is 5.89. The van der Waals surface area contributed by atoms with Crippen molar-refractivity contribution in [3.05, 3.63) is 65.3 Å². The first-order chi connectivity index (χ1) is 11.5. The van der Waals surface area contributed by atoms with Crippen LogP contribution >= 0.6 is 0 Å². The predicted molar refractivity (Wildman–Crippen MR) is 89.8 cm³/mol. The van der Waals surface area contributed by atoms with Gasteiger partial charge >= 0.3 is 0 Å². The molecule has 2 aromatic heterocycles. The van der Waals surface area contributed by atoms with E-state index in [-0.39, 0.29) is 18.4 Å². The molecule has 0 unspecified atom stereocenters. The zero-order valence-electron chi connectivity index (χ0n) is 14.0. The van der Waals surface area contributed by atoms with Crippen LogP contribution in [0.5, 0.6) is 0 Å². The number of aryl methyl sites for hydroxylation is 2. The van der Waals surface area contributed by atoms with Crippen LogP contribution in [0.2, 0.25) is 0 Å². The summed E-state index contributed by atoms with van der Waals surface area (Å²) in [4.78, 5) is 12.0. The Morgan fingerprint density at radius 2 is 2.00 bits per heavy atom. The van der Waals surface area contributed by atoms with Gasteiger partial charge in [-0.25, -0.2) is 4.68 Å². The molecule has 3 rings (SSSR count). The van der Waals surface area contributed by atoms with E-state index in [9.17, 15) is 4.79 Å². The Bertz CT molecular complexity index is 819. The van der Waals surface area contributed by atoms with Crippen LogP contribution in [0, 0.1) is 13.8 Å². The smallest absolute Gasteiger partial charge is 0.226 e. The highest BCUT2D eigenvalue weighted by Gasteiger charge is 2.12. The van der Waals surface area contributed by atoms with Crippen LogP contribution in [-0.4, -0.2) is 20.8 Å². The zero-order chi connectivity index (χ0) is 17.1. The third-order valence-corrected chi connectivity index (χ3v) is 3.86. The van der Waals surface area contributed by atoms with Crippen molar-refractivity contribution in [3.63, 3.8) is 0 Å². The molecular weight excluding hydrogens is 304 g/mol. The fourth-order valence-corrected chi connectivity index (χ4v) is 2.66. The number of carbonyl (C=O) groups is 1. The molecule has 1 N–H and O–H groups in total. The van der Waals surface area contributed by atoms with E-state index in [0.29, 0.717) is 5.69 Å². The minimum absolute atomic E-state index is 0.0842. The average molecular weight is 324 g/mol. The molecule has 1 aromatic carbocycles. The Balaban J connectivity index is 1.66.